The van der Waals surface area contributed by atoms with E-state index in [0.29, 0.717) is 40.5 Å². The van der Waals surface area contributed by atoms with Gasteiger partial charge in [-0.2, -0.15) is 11.8 Å². The molecule has 2 N–H and O–H groups in total. The monoisotopic (exact) mass is 457 g/mol. The van der Waals surface area contributed by atoms with Crippen LogP contribution in [0.25, 0.3) is 6.08 Å². The van der Waals surface area contributed by atoms with Gasteiger partial charge in [-0.1, -0.05) is 18.2 Å². The molecule has 1 amide bonds. The second kappa shape index (κ2) is 10.7. The molecule has 3 rings (SSSR count). The van der Waals surface area contributed by atoms with Gasteiger partial charge in [-0.3, -0.25) is 9.59 Å². The first-order valence-corrected chi connectivity index (χ1v) is 11.2. The molecule has 0 aliphatic carbocycles. The number of methoxy groups -OCH3 is 1. The summed E-state index contributed by atoms with van der Waals surface area (Å²) in [5, 5.41) is 11.6. The first-order valence-electron chi connectivity index (χ1n) is 9.78. The van der Waals surface area contributed by atoms with Crippen LogP contribution in [-0.4, -0.2) is 54.5 Å². The van der Waals surface area contributed by atoms with Crippen LogP contribution < -0.4 is 19.5 Å². The van der Waals surface area contributed by atoms with Gasteiger partial charge in [-0.15, -0.1) is 0 Å². The second-order valence-corrected chi connectivity index (χ2v) is 7.85. The van der Waals surface area contributed by atoms with Crippen LogP contribution in [0, 0.1) is 0 Å². The molecule has 0 bridgehead atoms. The average molecular weight is 458 g/mol. The number of amides is 1. The number of allylic oxidation sites excluding steroid dienone is 1. The van der Waals surface area contributed by atoms with Crippen molar-refractivity contribution in [3.05, 3.63) is 59.4 Å². The molecule has 0 radical (unpaired) electrons. The minimum atomic E-state index is -1.09. The van der Waals surface area contributed by atoms with Crippen LogP contribution in [0.5, 0.6) is 17.2 Å². The van der Waals surface area contributed by atoms with Crippen LogP contribution >= 0.6 is 11.8 Å². The molecule has 0 saturated heterocycles. The van der Waals surface area contributed by atoms with Gasteiger partial charge in [0.15, 0.2) is 12.4 Å². The predicted molar refractivity (Wildman–Crippen MR) is 120 cm³/mol. The molecule has 0 aromatic heterocycles. The van der Waals surface area contributed by atoms with Gasteiger partial charge in [-0.25, -0.2) is 4.79 Å². The van der Waals surface area contributed by atoms with Crippen molar-refractivity contribution < 1.29 is 33.7 Å². The van der Waals surface area contributed by atoms with Crippen molar-refractivity contribution in [1.82, 2.24) is 5.32 Å². The summed E-state index contributed by atoms with van der Waals surface area (Å²) in [6, 6.07) is 10.9. The quantitative estimate of drug-likeness (QED) is 0.524. The highest BCUT2D eigenvalue weighted by Crippen LogP contribution is 2.35. The molecule has 0 spiro atoms. The van der Waals surface area contributed by atoms with Crippen molar-refractivity contribution in [2.75, 3.05) is 25.7 Å². The molecule has 1 atom stereocenters. The fourth-order valence-corrected chi connectivity index (χ4v) is 3.53. The molecule has 1 unspecified atom stereocenters. The van der Waals surface area contributed by atoms with E-state index in [1.165, 1.54) is 17.8 Å². The highest BCUT2D eigenvalue weighted by molar-refractivity contribution is 7.98. The Bertz CT molecular complexity index is 1050. The van der Waals surface area contributed by atoms with Gasteiger partial charge in [0, 0.05) is 11.6 Å². The Morgan fingerprint density at radius 3 is 2.75 bits per heavy atom. The summed E-state index contributed by atoms with van der Waals surface area (Å²) in [4.78, 5) is 36.0. The van der Waals surface area contributed by atoms with Crippen LogP contribution in [-0.2, 0) is 9.59 Å². The maximum atomic E-state index is 12.7. The number of hydrogen-bond acceptors (Lipinski definition) is 7. The number of fused-ring (bicyclic) bond motifs is 1. The fraction of sp³-hybridized carbons (Fsp3) is 0.261. The number of carbonyl (C=O) groups is 3. The van der Waals surface area contributed by atoms with Crippen LogP contribution in [0.4, 0.5) is 0 Å². The molecule has 1 aliphatic rings. The SMILES string of the molecule is COc1ccccc1C=C1Oc2cc(OCC(=O)NC(CCSC)C(=O)O)ccc2C1=O. The molecule has 0 saturated carbocycles. The minimum Gasteiger partial charge on any atom is -0.496 e. The Hall–Kier alpha value is -3.46. The first-order chi connectivity index (χ1) is 15.4. The standard InChI is InChI=1S/C23H23NO7S/c1-29-18-6-4-3-5-14(18)11-20-22(26)16-8-7-15(12-19(16)31-20)30-13-21(25)24-17(23(27)28)9-10-32-2/h3-8,11-12,17H,9-10,13H2,1-2H3,(H,24,25)(H,27,28). The number of hydrogen-bond donors (Lipinski definition) is 2. The zero-order chi connectivity index (χ0) is 23.1. The number of para-hydroxylation sites is 1. The normalized spacial score (nSPS) is 14.4. The van der Waals surface area contributed by atoms with E-state index in [0.717, 1.165) is 0 Å². The molecule has 2 aromatic rings. The minimum absolute atomic E-state index is 0.150. The summed E-state index contributed by atoms with van der Waals surface area (Å²) in [7, 11) is 1.55. The zero-order valence-electron chi connectivity index (χ0n) is 17.6. The summed E-state index contributed by atoms with van der Waals surface area (Å²) in [5.41, 5.74) is 1.08. The fourth-order valence-electron chi connectivity index (χ4n) is 3.06. The number of aliphatic carboxylic acids is 1. The van der Waals surface area contributed by atoms with Gasteiger partial charge in [-0.05, 0) is 42.7 Å². The number of thioether (sulfide) groups is 1. The van der Waals surface area contributed by atoms with Crippen molar-refractivity contribution in [3.8, 4) is 17.2 Å². The van der Waals surface area contributed by atoms with E-state index < -0.39 is 17.9 Å². The second-order valence-electron chi connectivity index (χ2n) is 6.87. The van der Waals surface area contributed by atoms with Crippen molar-refractivity contribution >= 4 is 35.5 Å². The van der Waals surface area contributed by atoms with Gasteiger partial charge in [0.05, 0.1) is 12.7 Å². The third kappa shape index (κ3) is 5.61. The number of ether oxygens (including phenoxy) is 3. The molecule has 0 fully saturated rings. The van der Waals surface area contributed by atoms with E-state index in [9.17, 15) is 19.5 Å². The Morgan fingerprint density at radius 2 is 2.03 bits per heavy atom. The van der Waals surface area contributed by atoms with Gasteiger partial charge in [0.25, 0.3) is 5.91 Å². The van der Waals surface area contributed by atoms with Crippen LogP contribution in [0.2, 0.25) is 0 Å². The molecular formula is C23H23NO7S. The Balaban J connectivity index is 1.65. The molecule has 32 heavy (non-hydrogen) atoms. The average Bonchev–Trinajstić information content (AvgIpc) is 3.09. The Labute approximate surface area is 189 Å². The van der Waals surface area contributed by atoms with Gasteiger partial charge in [0.1, 0.15) is 23.3 Å². The number of benzene rings is 2. The summed E-state index contributed by atoms with van der Waals surface area (Å²) in [6.07, 6.45) is 3.79. The Morgan fingerprint density at radius 1 is 1.25 bits per heavy atom. The van der Waals surface area contributed by atoms with Crippen molar-refractivity contribution in [2.45, 2.75) is 12.5 Å². The number of carboxylic acid groups (broad SMARTS) is 1. The summed E-state index contributed by atoms with van der Waals surface area (Å²) < 4.78 is 16.5. The molecular weight excluding hydrogens is 434 g/mol. The van der Waals surface area contributed by atoms with E-state index in [1.807, 2.05) is 24.5 Å². The highest BCUT2D eigenvalue weighted by Gasteiger charge is 2.28. The molecule has 8 nitrogen and oxygen atoms in total. The van der Waals surface area contributed by atoms with E-state index >= 15 is 0 Å². The van der Waals surface area contributed by atoms with Gasteiger partial charge < -0.3 is 24.6 Å². The largest absolute Gasteiger partial charge is 0.496 e. The van der Waals surface area contributed by atoms with E-state index in [4.69, 9.17) is 14.2 Å². The third-order valence-electron chi connectivity index (χ3n) is 4.68. The number of carbonyl (C=O) groups excluding carboxylic acids is 2. The zero-order valence-corrected chi connectivity index (χ0v) is 18.4. The van der Waals surface area contributed by atoms with Crippen molar-refractivity contribution in [2.24, 2.45) is 0 Å². The molecule has 168 valence electrons. The van der Waals surface area contributed by atoms with E-state index in [2.05, 4.69) is 5.32 Å². The molecule has 2 aromatic carbocycles. The maximum Gasteiger partial charge on any atom is 0.326 e. The number of Topliss-reactive ketones (excluding diaryl/α,β-unsaturated/α-hetero) is 1. The molecule has 1 aliphatic heterocycles. The number of ketones is 1. The lowest BCUT2D eigenvalue weighted by molar-refractivity contribution is -0.142. The summed E-state index contributed by atoms with van der Waals surface area (Å²) in [5.74, 6) is 0.0990. The number of carboxylic acids is 1. The van der Waals surface area contributed by atoms with Crippen LogP contribution in [0.3, 0.4) is 0 Å². The lowest BCUT2D eigenvalue weighted by Gasteiger charge is -2.14. The van der Waals surface area contributed by atoms with Gasteiger partial charge in [0.2, 0.25) is 5.78 Å². The first kappa shape index (κ1) is 23.2. The van der Waals surface area contributed by atoms with Crippen LogP contribution in [0.1, 0.15) is 22.3 Å². The topological polar surface area (TPSA) is 111 Å². The van der Waals surface area contributed by atoms with Gasteiger partial charge >= 0.3 is 5.97 Å². The van der Waals surface area contributed by atoms with Crippen molar-refractivity contribution in [1.29, 1.82) is 0 Å². The van der Waals surface area contributed by atoms with Crippen LogP contribution in [0.15, 0.2) is 48.2 Å². The maximum absolute atomic E-state index is 12.7. The lowest BCUT2D eigenvalue weighted by Crippen LogP contribution is -2.43. The molecule has 1 heterocycles. The summed E-state index contributed by atoms with van der Waals surface area (Å²) in [6.45, 7) is -0.361. The highest BCUT2D eigenvalue weighted by atomic mass is 32.2. The summed E-state index contributed by atoms with van der Waals surface area (Å²) >= 11 is 1.50. The number of nitrogens with one attached hydrogen (secondary N) is 1. The molecule has 9 heteroatoms. The van der Waals surface area contributed by atoms with Crippen molar-refractivity contribution in [3.63, 3.8) is 0 Å². The Kier molecular flexibility index (Phi) is 7.77. The lowest BCUT2D eigenvalue weighted by atomic mass is 10.1. The smallest absolute Gasteiger partial charge is 0.326 e. The predicted octanol–water partition coefficient (Wildman–Crippen LogP) is 3.01. The van der Waals surface area contributed by atoms with E-state index in [-0.39, 0.29) is 18.1 Å². The van der Waals surface area contributed by atoms with E-state index in [1.54, 1.807) is 31.4 Å². The third-order valence-corrected chi connectivity index (χ3v) is 5.32. The number of rotatable bonds is 10.